The zero-order valence-electron chi connectivity index (χ0n) is 15.0. The van der Waals surface area contributed by atoms with Crippen molar-refractivity contribution in [3.63, 3.8) is 0 Å². The van der Waals surface area contributed by atoms with Crippen LogP contribution in [0.1, 0.15) is 16.1 Å². The topological polar surface area (TPSA) is 61.2 Å². The number of benzene rings is 3. The predicted molar refractivity (Wildman–Crippen MR) is 113 cm³/mol. The zero-order chi connectivity index (χ0) is 20.4. The first-order valence-corrected chi connectivity index (χ1v) is 9.49. The van der Waals surface area contributed by atoms with E-state index in [1.165, 1.54) is 4.68 Å². The average Bonchev–Trinajstić information content (AvgIpc) is 2.74. The number of carbonyl (C=O) groups excluding carboxylic acids is 1. The summed E-state index contributed by atoms with van der Waals surface area (Å²) >= 11 is 12.3. The van der Waals surface area contributed by atoms with Crippen LogP contribution < -0.4 is 5.56 Å². The Kier molecular flexibility index (Phi) is 5.34. The summed E-state index contributed by atoms with van der Waals surface area (Å²) < 4.78 is 6.62. The van der Waals surface area contributed by atoms with E-state index >= 15 is 0 Å². The Morgan fingerprint density at radius 2 is 1.48 bits per heavy atom. The maximum atomic E-state index is 12.9. The fourth-order valence-electron chi connectivity index (χ4n) is 2.96. The minimum absolute atomic E-state index is 0.0345. The van der Waals surface area contributed by atoms with E-state index in [9.17, 15) is 9.59 Å². The molecule has 5 nitrogen and oxygen atoms in total. The predicted octanol–water partition coefficient (Wildman–Crippen LogP) is 5.05. The first-order chi connectivity index (χ1) is 14.1. The van der Waals surface area contributed by atoms with E-state index in [0.29, 0.717) is 32.1 Å². The summed E-state index contributed by atoms with van der Waals surface area (Å²) in [6, 6.07) is 20.7. The third-order valence-electron chi connectivity index (χ3n) is 4.41. The molecule has 0 saturated carbocycles. The van der Waals surface area contributed by atoms with Crippen LogP contribution in [0.3, 0.4) is 0 Å². The van der Waals surface area contributed by atoms with Crippen molar-refractivity contribution in [2.75, 3.05) is 0 Å². The number of hydrogen-bond acceptors (Lipinski definition) is 4. The van der Waals surface area contributed by atoms with E-state index in [-0.39, 0.29) is 17.9 Å². The van der Waals surface area contributed by atoms with Crippen molar-refractivity contribution in [2.24, 2.45) is 0 Å². The molecule has 0 aliphatic heterocycles. The van der Waals surface area contributed by atoms with E-state index in [2.05, 4.69) is 5.10 Å². The number of fused-ring (bicyclic) bond motifs is 1. The van der Waals surface area contributed by atoms with Crippen LogP contribution in [0.15, 0.2) is 77.6 Å². The van der Waals surface area contributed by atoms with Gasteiger partial charge >= 0.3 is 5.97 Å². The van der Waals surface area contributed by atoms with Crippen molar-refractivity contribution in [1.29, 1.82) is 0 Å². The van der Waals surface area contributed by atoms with Crippen LogP contribution in [-0.2, 0) is 11.3 Å². The van der Waals surface area contributed by atoms with E-state index in [0.717, 1.165) is 0 Å². The molecule has 0 fully saturated rings. The molecule has 0 spiro atoms. The number of aromatic nitrogens is 2. The highest BCUT2D eigenvalue weighted by atomic mass is 35.5. The Morgan fingerprint density at radius 3 is 2.17 bits per heavy atom. The second-order valence-electron chi connectivity index (χ2n) is 6.22. The van der Waals surface area contributed by atoms with Crippen LogP contribution in [0.2, 0.25) is 10.0 Å². The maximum Gasteiger partial charge on any atom is 0.359 e. The molecule has 29 heavy (non-hydrogen) atoms. The molecule has 0 atom stereocenters. The Morgan fingerprint density at radius 1 is 0.862 bits per heavy atom. The van der Waals surface area contributed by atoms with Gasteiger partial charge in [0.2, 0.25) is 0 Å². The molecular formula is C22H14Cl2N2O3. The molecule has 144 valence electrons. The molecule has 0 N–H and O–H groups in total. The van der Waals surface area contributed by atoms with Gasteiger partial charge in [0.15, 0.2) is 5.69 Å². The van der Waals surface area contributed by atoms with E-state index in [4.69, 9.17) is 27.9 Å². The number of carbonyl (C=O) groups is 1. The molecule has 0 aliphatic carbocycles. The quantitative estimate of drug-likeness (QED) is 0.430. The normalized spacial score (nSPS) is 10.8. The summed E-state index contributed by atoms with van der Waals surface area (Å²) in [4.78, 5) is 25.7. The number of para-hydroxylation sites is 1. The fourth-order valence-corrected chi connectivity index (χ4v) is 3.47. The number of rotatable bonds is 4. The Hall–Kier alpha value is -3.15. The van der Waals surface area contributed by atoms with E-state index in [1.54, 1.807) is 66.7 Å². The summed E-state index contributed by atoms with van der Waals surface area (Å²) in [5.41, 5.74) is 0.765. The smallest absolute Gasteiger partial charge is 0.359 e. The van der Waals surface area contributed by atoms with E-state index < -0.39 is 5.97 Å². The van der Waals surface area contributed by atoms with Gasteiger partial charge in [0.25, 0.3) is 5.56 Å². The average molecular weight is 425 g/mol. The highest BCUT2D eigenvalue weighted by Gasteiger charge is 2.19. The van der Waals surface area contributed by atoms with Crippen molar-refractivity contribution in [2.45, 2.75) is 6.61 Å². The van der Waals surface area contributed by atoms with Gasteiger partial charge in [0.05, 0.1) is 11.1 Å². The Bertz CT molecular complexity index is 1250. The molecular weight excluding hydrogens is 411 g/mol. The lowest BCUT2D eigenvalue weighted by Gasteiger charge is -2.12. The van der Waals surface area contributed by atoms with Gasteiger partial charge in [0.1, 0.15) is 6.61 Å². The molecule has 4 aromatic rings. The lowest BCUT2D eigenvalue weighted by atomic mass is 10.1. The first-order valence-electron chi connectivity index (χ1n) is 8.74. The lowest BCUT2D eigenvalue weighted by molar-refractivity contribution is 0.0466. The third-order valence-corrected chi connectivity index (χ3v) is 5.12. The number of ether oxygens (including phenoxy) is 1. The first kappa shape index (κ1) is 19.2. The standard InChI is InChI=1S/C22H14Cl2N2O3/c23-18-11-6-12-19(24)17(18)13-29-22(28)20-15-9-4-5-10-16(15)21(27)26(25-20)14-7-2-1-3-8-14/h1-12H,13H2. The molecule has 4 rings (SSSR count). The number of halogens is 2. The number of esters is 1. The van der Waals surface area contributed by atoms with Gasteiger partial charge in [-0.15, -0.1) is 0 Å². The van der Waals surface area contributed by atoms with Gasteiger partial charge in [-0.2, -0.15) is 9.78 Å². The summed E-state index contributed by atoms with van der Waals surface area (Å²) in [7, 11) is 0. The minimum atomic E-state index is -0.679. The summed E-state index contributed by atoms with van der Waals surface area (Å²) in [5.74, 6) is -0.679. The van der Waals surface area contributed by atoms with Crippen LogP contribution in [0.4, 0.5) is 0 Å². The molecule has 0 unspecified atom stereocenters. The monoisotopic (exact) mass is 424 g/mol. The van der Waals surface area contributed by atoms with E-state index in [1.807, 2.05) is 6.07 Å². The van der Waals surface area contributed by atoms with Gasteiger partial charge in [-0.05, 0) is 30.3 Å². The van der Waals surface area contributed by atoms with Gasteiger partial charge in [-0.25, -0.2) is 4.79 Å². The second-order valence-corrected chi connectivity index (χ2v) is 7.04. The lowest BCUT2D eigenvalue weighted by Crippen LogP contribution is -2.25. The molecule has 0 bridgehead atoms. The minimum Gasteiger partial charge on any atom is -0.456 e. The third kappa shape index (κ3) is 3.75. The number of hydrogen-bond donors (Lipinski definition) is 0. The largest absolute Gasteiger partial charge is 0.456 e. The van der Waals surface area contributed by atoms with Gasteiger partial charge in [-0.1, -0.05) is 65.7 Å². The molecule has 1 aromatic heterocycles. The summed E-state index contributed by atoms with van der Waals surface area (Å²) in [5, 5.41) is 5.88. The van der Waals surface area contributed by atoms with Crippen molar-refractivity contribution >= 4 is 39.9 Å². The molecule has 0 aliphatic rings. The number of nitrogens with zero attached hydrogens (tertiary/aromatic N) is 2. The SMILES string of the molecule is O=C(OCc1c(Cl)cccc1Cl)c1nn(-c2ccccc2)c(=O)c2ccccc12. The Balaban J connectivity index is 1.77. The van der Waals surface area contributed by atoms with Crippen LogP contribution >= 0.6 is 23.2 Å². The molecule has 1 heterocycles. The van der Waals surface area contributed by atoms with Gasteiger partial charge < -0.3 is 4.74 Å². The van der Waals surface area contributed by atoms with Crippen LogP contribution in [0.25, 0.3) is 16.5 Å². The van der Waals surface area contributed by atoms with Crippen molar-refractivity contribution in [3.05, 3.63) is 104 Å². The molecule has 7 heteroatoms. The second kappa shape index (κ2) is 8.07. The van der Waals surface area contributed by atoms with Crippen molar-refractivity contribution in [1.82, 2.24) is 9.78 Å². The zero-order valence-corrected chi connectivity index (χ0v) is 16.5. The van der Waals surface area contributed by atoms with Crippen LogP contribution in [0.5, 0.6) is 0 Å². The van der Waals surface area contributed by atoms with Gasteiger partial charge in [-0.3, -0.25) is 4.79 Å². The maximum absolute atomic E-state index is 12.9. The van der Waals surface area contributed by atoms with Crippen molar-refractivity contribution < 1.29 is 9.53 Å². The highest BCUT2D eigenvalue weighted by molar-refractivity contribution is 6.36. The molecule has 0 saturated heterocycles. The van der Waals surface area contributed by atoms with Crippen LogP contribution in [0, 0.1) is 0 Å². The summed E-state index contributed by atoms with van der Waals surface area (Å²) in [6.07, 6.45) is 0. The highest BCUT2D eigenvalue weighted by Crippen LogP contribution is 2.25. The molecule has 0 amide bonds. The van der Waals surface area contributed by atoms with Gasteiger partial charge in [0, 0.05) is 21.0 Å². The molecule has 3 aromatic carbocycles. The van der Waals surface area contributed by atoms with Crippen LogP contribution in [-0.4, -0.2) is 15.7 Å². The summed E-state index contributed by atoms with van der Waals surface area (Å²) in [6.45, 7) is -0.113. The fraction of sp³-hybridized carbons (Fsp3) is 0.0455. The Labute approximate surface area is 176 Å². The molecule has 0 radical (unpaired) electrons. The van der Waals surface area contributed by atoms with Crippen molar-refractivity contribution in [3.8, 4) is 5.69 Å².